The van der Waals surface area contributed by atoms with Crippen molar-refractivity contribution < 1.29 is 0 Å². The van der Waals surface area contributed by atoms with Gasteiger partial charge in [0, 0.05) is 32.0 Å². The molecule has 0 unspecified atom stereocenters. The molecule has 0 amide bonds. The Morgan fingerprint density at radius 1 is 1.29 bits per heavy atom. The fraction of sp³-hybridized carbons (Fsp3) is 0.714. The number of piperidine rings is 1. The summed E-state index contributed by atoms with van der Waals surface area (Å²) in [6.07, 6.45) is 4.72. The molecule has 2 rings (SSSR count). The molecule has 0 spiro atoms. The summed E-state index contributed by atoms with van der Waals surface area (Å²) in [6.45, 7) is 7.00. The molecule has 3 heteroatoms. The first-order valence-corrected chi connectivity index (χ1v) is 6.59. The molecular formula is C14H25N3. The van der Waals surface area contributed by atoms with Crippen LogP contribution >= 0.6 is 0 Å². The smallest absolute Gasteiger partial charge is 0.0359 e. The van der Waals surface area contributed by atoms with E-state index in [1.165, 1.54) is 31.6 Å². The predicted molar refractivity (Wildman–Crippen MR) is 72.0 cm³/mol. The molecule has 1 saturated heterocycles. The van der Waals surface area contributed by atoms with E-state index in [-0.39, 0.29) is 0 Å². The maximum atomic E-state index is 3.61. The third-order valence-electron chi connectivity index (χ3n) is 4.10. The van der Waals surface area contributed by atoms with Gasteiger partial charge in [0.05, 0.1) is 0 Å². The van der Waals surface area contributed by atoms with Gasteiger partial charge >= 0.3 is 0 Å². The van der Waals surface area contributed by atoms with E-state index in [4.69, 9.17) is 0 Å². The van der Waals surface area contributed by atoms with Gasteiger partial charge < -0.3 is 14.8 Å². The van der Waals surface area contributed by atoms with E-state index >= 15 is 0 Å². The van der Waals surface area contributed by atoms with Crippen molar-refractivity contribution in [3.05, 3.63) is 24.0 Å². The summed E-state index contributed by atoms with van der Waals surface area (Å²) in [5, 5.41) is 3.61. The SMILES string of the molecule is CN1CCC(C)(CNCc2cccn2C)CC1. The molecule has 1 aliphatic heterocycles. The molecule has 1 fully saturated rings. The first kappa shape index (κ1) is 12.7. The predicted octanol–water partition coefficient (Wildman–Crippen LogP) is 1.85. The van der Waals surface area contributed by atoms with Crippen LogP contribution in [0, 0.1) is 5.41 Å². The zero-order chi connectivity index (χ0) is 12.3. The third-order valence-corrected chi connectivity index (χ3v) is 4.10. The minimum atomic E-state index is 0.484. The molecule has 1 N–H and O–H groups in total. The normalized spacial score (nSPS) is 20.6. The van der Waals surface area contributed by atoms with Crippen molar-refractivity contribution in [2.75, 3.05) is 26.7 Å². The highest BCUT2D eigenvalue weighted by Crippen LogP contribution is 2.29. The quantitative estimate of drug-likeness (QED) is 0.859. The average molecular weight is 235 g/mol. The topological polar surface area (TPSA) is 20.2 Å². The van der Waals surface area contributed by atoms with E-state index in [0.29, 0.717) is 5.41 Å². The number of likely N-dealkylation sites (tertiary alicyclic amines) is 1. The van der Waals surface area contributed by atoms with Crippen molar-refractivity contribution in [3.63, 3.8) is 0 Å². The first-order chi connectivity index (χ1) is 8.09. The summed E-state index contributed by atoms with van der Waals surface area (Å²) in [6, 6.07) is 4.29. The molecule has 0 bridgehead atoms. The Bertz CT molecular complexity index is 348. The van der Waals surface area contributed by atoms with Crippen LogP contribution in [0.4, 0.5) is 0 Å². The van der Waals surface area contributed by atoms with Crippen LogP contribution in [-0.4, -0.2) is 36.1 Å². The largest absolute Gasteiger partial charge is 0.353 e. The van der Waals surface area contributed by atoms with Gasteiger partial charge in [-0.25, -0.2) is 0 Å². The summed E-state index contributed by atoms with van der Waals surface area (Å²) in [5.41, 5.74) is 1.85. The Kier molecular flexibility index (Phi) is 3.89. The maximum absolute atomic E-state index is 3.61. The van der Waals surface area contributed by atoms with Crippen molar-refractivity contribution in [3.8, 4) is 0 Å². The van der Waals surface area contributed by atoms with E-state index in [0.717, 1.165) is 13.1 Å². The van der Waals surface area contributed by atoms with Crippen LogP contribution in [0.1, 0.15) is 25.5 Å². The molecule has 96 valence electrons. The van der Waals surface area contributed by atoms with E-state index in [1.807, 2.05) is 0 Å². The molecule has 0 atom stereocenters. The van der Waals surface area contributed by atoms with Crippen molar-refractivity contribution in [1.82, 2.24) is 14.8 Å². The second kappa shape index (κ2) is 5.23. The fourth-order valence-electron chi connectivity index (χ4n) is 2.51. The highest BCUT2D eigenvalue weighted by atomic mass is 15.1. The van der Waals surface area contributed by atoms with Crippen molar-refractivity contribution >= 4 is 0 Å². The first-order valence-electron chi connectivity index (χ1n) is 6.59. The van der Waals surface area contributed by atoms with E-state index in [1.54, 1.807) is 0 Å². The number of hydrogen-bond donors (Lipinski definition) is 1. The monoisotopic (exact) mass is 235 g/mol. The van der Waals surface area contributed by atoms with Gasteiger partial charge in [-0.2, -0.15) is 0 Å². The van der Waals surface area contributed by atoms with Crippen molar-refractivity contribution in [2.24, 2.45) is 12.5 Å². The lowest BCUT2D eigenvalue weighted by molar-refractivity contribution is 0.136. The summed E-state index contributed by atoms with van der Waals surface area (Å²) in [4.78, 5) is 2.43. The van der Waals surface area contributed by atoms with E-state index in [2.05, 4.69) is 54.1 Å². The van der Waals surface area contributed by atoms with Crippen LogP contribution in [-0.2, 0) is 13.6 Å². The molecule has 0 radical (unpaired) electrons. The molecule has 1 aromatic heterocycles. The number of rotatable bonds is 4. The number of nitrogens with zero attached hydrogens (tertiary/aromatic N) is 2. The van der Waals surface area contributed by atoms with Gasteiger partial charge in [-0.3, -0.25) is 0 Å². The fourth-order valence-corrected chi connectivity index (χ4v) is 2.51. The van der Waals surface area contributed by atoms with Crippen molar-refractivity contribution in [1.29, 1.82) is 0 Å². The zero-order valence-corrected chi connectivity index (χ0v) is 11.4. The van der Waals surface area contributed by atoms with Crippen LogP contribution in [0.2, 0.25) is 0 Å². The van der Waals surface area contributed by atoms with Gasteiger partial charge in [0.15, 0.2) is 0 Å². The van der Waals surface area contributed by atoms with Crippen molar-refractivity contribution in [2.45, 2.75) is 26.3 Å². The van der Waals surface area contributed by atoms with Crippen LogP contribution in [0.5, 0.6) is 0 Å². The number of aromatic nitrogens is 1. The lowest BCUT2D eigenvalue weighted by Crippen LogP contribution is -2.42. The summed E-state index contributed by atoms with van der Waals surface area (Å²) in [5.74, 6) is 0. The lowest BCUT2D eigenvalue weighted by atomic mass is 9.80. The Morgan fingerprint density at radius 2 is 2.00 bits per heavy atom. The second-order valence-electron chi connectivity index (χ2n) is 5.83. The Morgan fingerprint density at radius 3 is 2.59 bits per heavy atom. The highest BCUT2D eigenvalue weighted by molar-refractivity contribution is 5.06. The lowest BCUT2D eigenvalue weighted by Gasteiger charge is -2.38. The van der Waals surface area contributed by atoms with Gasteiger partial charge in [0.2, 0.25) is 0 Å². The summed E-state index contributed by atoms with van der Waals surface area (Å²) >= 11 is 0. The number of nitrogens with one attached hydrogen (secondary N) is 1. The van der Waals surface area contributed by atoms with E-state index < -0.39 is 0 Å². The van der Waals surface area contributed by atoms with Gasteiger partial charge in [0.1, 0.15) is 0 Å². The summed E-state index contributed by atoms with van der Waals surface area (Å²) < 4.78 is 2.18. The molecule has 0 saturated carbocycles. The molecule has 17 heavy (non-hydrogen) atoms. The van der Waals surface area contributed by atoms with Crippen LogP contribution < -0.4 is 5.32 Å². The zero-order valence-electron chi connectivity index (χ0n) is 11.4. The molecule has 3 nitrogen and oxygen atoms in total. The summed E-state index contributed by atoms with van der Waals surface area (Å²) in [7, 11) is 4.32. The van der Waals surface area contributed by atoms with Crippen LogP contribution in [0.25, 0.3) is 0 Å². The average Bonchev–Trinajstić information content (AvgIpc) is 2.70. The van der Waals surface area contributed by atoms with Crippen LogP contribution in [0.15, 0.2) is 18.3 Å². The Hall–Kier alpha value is -0.800. The molecule has 1 aromatic rings. The standard InChI is InChI=1S/C14H25N3/c1-14(6-9-16(2)10-7-14)12-15-11-13-5-4-8-17(13)3/h4-5,8,15H,6-7,9-12H2,1-3H3. The van der Waals surface area contributed by atoms with Gasteiger partial charge in [0.25, 0.3) is 0 Å². The minimum Gasteiger partial charge on any atom is -0.353 e. The number of hydrogen-bond acceptors (Lipinski definition) is 2. The second-order valence-corrected chi connectivity index (χ2v) is 5.83. The maximum Gasteiger partial charge on any atom is 0.0359 e. The van der Waals surface area contributed by atoms with Gasteiger partial charge in [-0.15, -0.1) is 0 Å². The molecule has 0 aromatic carbocycles. The van der Waals surface area contributed by atoms with Gasteiger partial charge in [-0.05, 0) is 50.5 Å². The minimum absolute atomic E-state index is 0.484. The molecule has 0 aliphatic carbocycles. The number of aryl methyl sites for hydroxylation is 1. The Balaban J connectivity index is 1.76. The van der Waals surface area contributed by atoms with Gasteiger partial charge in [-0.1, -0.05) is 6.92 Å². The third kappa shape index (κ3) is 3.33. The highest BCUT2D eigenvalue weighted by Gasteiger charge is 2.28. The van der Waals surface area contributed by atoms with Crippen LogP contribution in [0.3, 0.4) is 0 Å². The molecule has 2 heterocycles. The molecular weight excluding hydrogens is 210 g/mol. The van der Waals surface area contributed by atoms with E-state index in [9.17, 15) is 0 Å². The molecule has 1 aliphatic rings. The Labute approximate surface area is 105 Å².